The highest BCUT2D eigenvalue weighted by Gasteiger charge is 2.38. The van der Waals surface area contributed by atoms with Crippen molar-refractivity contribution in [2.75, 3.05) is 43.3 Å². The molecule has 4 heterocycles. The number of aromatic nitrogens is 4. The van der Waals surface area contributed by atoms with Crippen LogP contribution in [-0.2, 0) is 16.1 Å². The molecule has 0 amide bonds. The standard InChI is InChI=1S/C23H21FN6O3.C2HF3O2/c24-16-2-1-3-17(11-16)30-13-26-20-21(25-12-15-4-5-18-19(10-15)33-14-32-18)27-23(28-22(20)30)29-6-8-31-9-7-29;3-2(4,5)1(6)7/h1-5,10-11,13H,6-9,12,14H2,(H,25,27,28);(H,6,7). The van der Waals surface area contributed by atoms with Crippen LogP contribution in [0.5, 0.6) is 11.5 Å². The van der Waals surface area contributed by atoms with Crippen LogP contribution in [0.1, 0.15) is 5.56 Å². The van der Waals surface area contributed by atoms with E-state index in [1.165, 1.54) is 12.1 Å². The second-order valence-electron chi connectivity index (χ2n) is 8.58. The number of ether oxygens (including phenoxy) is 3. The Kier molecular flexibility index (Phi) is 7.55. The molecule has 0 spiro atoms. The Morgan fingerprint density at radius 1 is 1.05 bits per heavy atom. The monoisotopic (exact) mass is 562 g/mol. The lowest BCUT2D eigenvalue weighted by Crippen LogP contribution is -2.37. The molecule has 2 aliphatic rings. The lowest BCUT2D eigenvalue weighted by Gasteiger charge is -2.27. The van der Waals surface area contributed by atoms with Gasteiger partial charge in [0.15, 0.2) is 28.5 Å². The van der Waals surface area contributed by atoms with Crippen LogP contribution >= 0.6 is 0 Å². The first-order valence-corrected chi connectivity index (χ1v) is 12.0. The van der Waals surface area contributed by atoms with Crippen LogP contribution in [-0.4, -0.2) is 69.9 Å². The minimum Gasteiger partial charge on any atom is -0.475 e. The van der Waals surface area contributed by atoms with Gasteiger partial charge in [-0.05, 0) is 35.9 Å². The van der Waals surface area contributed by atoms with Gasteiger partial charge in [0.05, 0.1) is 18.9 Å². The smallest absolute Gasteiger partial charge is 0.475 e. The van der Waals surface area contributed by atoms with Crippen molar-refractivity contribution in [2.24, 2.45) is 0 Å². The Bertz CT molecular complexity index is 1520. The number of hydrogen-bond donors (Lipinski definition) is 2. The molecule has 0 bridgehead atoms. The van der Waals surface area contributed by atoms with Gasteiger partial charge in [-0.2, -0.15) is 23.1 Å². The molecule has 15 heteroatoms. The van der Waals surface area contributed by atoms with E-state index >= 15 is 0 Å². The Morgan fingerprint density at radius 2 is 1.80 bits per heavy atom. The van der Waals surface area contributed by atoms with E-state index in [9.17, 15) is 17.6 Å². The highest BCUT2D eigenvalue weighted by atomic mass is 19.4. The maximum atomic E-state index is 13.9. The van der Waals surface area contributed by atoms with E-state index < -0.39 is 12.1 Å². The number of benzene rings is 2. The average molecular weight is 562 g/mol. The molecule has 0 radical (unpaired) electrons. The largest absolute Gasteiger partial charge is 0.490 e. The number of alkyl halides is 3. The third kappa shape index (κ3) is 5.98. The van der Waals surface area contributed by atoms with Crippen LogP contribution in [0, 0.1) is 5.82 Å². The molecule has 1 saturated heterocycles. The minimum atomic E-state index is -5.08. The second kappa shape index (κ2) is 11.2. The van der Waals surface area contributed by atoms with Crippen LogP contribution in [0.25, 0.3) is 16.9 Å². The van der Waals surface area contributed by atoms with Gasteiger partial charge in [-0.3, -0.25) is 4.57 Å². The Labute approximate surface area is 223 Å². The molecule has 0 atom stereocenters. The quantitative estimate of drug-likeness (QED) is 0.348. The molecule has 1 fully saturated rings. The van der Waals surface area contributed by atoms with Gasteiger partial charge in [-0.1, -0.05) is 12.1 Å². The number of fused-ring (bicyclic) bond motifs is 2. The van der Waals surface area contributed by atoms with E-state index in [0.717, 1.165) is 17.1 Å². The Hall–Kier alpha value is -4.66. The molecule has 210 valence electrons. The maximum absolute atomic E-state index is 13.9. The fourth-order valence-corrected chi connectivity index (χ4v) is 3.97. The van der Waals surface area contributed by atoms with Crippen molar-refractivity contribution in [1.82, 2.24) is 19.5 Å². The van der Waals surface area contributed by atoms with Gasteiger partial charge < -0.3 is 29.5 Å². The second-order valence-corrected chi connectivity index (χ2v) is 8.58. The SMILES string of the molecule is Fc1cccc(-n2cnc3c(NCc4ccc5c(c4)OCO5)nc(N4CCOCC4)nc32)c1.O=C(O)C(F)(F)F. The van der Waals surface area contributed by atoms with Gasteiger partial charge in [-0.15, -0.1) is 0 Å². The molecule has 0 saturated carbocycles. The number of aliphatic carboxylic acids is 1. The van der Waals surface area contributed by atoms with Crippen molar-refractivity contribution in [3.8, 4) is 17.2 Å². The fourth-order valence-electron chi connectivity index (χ4n) is 3.97. The highest BCUT2D eigenvalue weighted by molar-refractivity contribution is 5.85. The zero-order chi connectivity index (χ0) is 28.3. The number of halogens is 4. The summed E-state index contributed by atoms with van der Waals surface area (Å²) in [5.41, 5.74) is 2.87. The molecule has 6 rings (SSSR count). The first-order chi connectivity index (χ1) is 19.2. The topological polar surface area (TPSA) is 124 Å². The summed E-state index contributed by atoms with van der Waals surface area (Å²) in [6.07, 6.45) is -3.44. The summed E-state index contributed by atoms with van der Waals surface area (Å²) in [4.78, 5) is 25.1. The molecular weight excluding hydrogens is 540 g/mol. The zero-order valence-corrected chi connectivity index (χ0v) is 20.7. The van der Waals surface area contributed by atoms with Gasteiger partial charge in [0, 0.05) is 19.6 Å². The van der Waals surface area contributed by atoms with E-state index in [1.54, 1.807) is 17.0 Å². The fraction of sp³-hybridized carbons (Fsp3) is 0.280. The van der Waals surface area contributed by atoms with E-state index in [-0.39, 0.29) is 12.6 Å². The first-order valence-electron chi connectivity index (χ1n) is 12.0. The van der Waals surface area contributed by atoms with Crippen molar-refractivity contribution < 1.29 is 41.7 Å². The molecule has 4 aromatic rings. The minimum absolute atomic E-state index is 0.235. The maximum Gasteiger partial charge on any atom is 0.490 e. The van der Waals surface area contributed by atoms with Gasteiger partial charge in [0.1, 0.15) is 12.1 Å². The predicted octanol–water partition coefficient (Wildman–Crippen LogP) is 3.77. The van der Waals surface area contributed by atoms with E-state index in [1.807, 2.05) is 24.3 Å². The predicted molar refractivity (Wildman–Crippen MR) is 133 cm³/mol. The van der Waals surface area contributed by atoms with E-state index in [4.69, 9.17) is 34.1 Å². The van der Waals surface area contributed by atoms with Crippen molar-refractivity contribution in [2.45, 2.75) is 12.7 Å². The summed E-state index contributed by atoms with van der Waals surface area (Å²) in [5, 5.41) is 10.5. The summed E-state index contributed by atoms with van der Waals surface area (Å²) in [7, 11) is 0. The number of nitrogens with one attached hydrogen (secondary N) is 1. The molecule has 0 unspecified atom stereocenters. The molecule has 0 aliphatic carbocycles. The van der Waals surface area contributed by atoms with Crippen molar-refractivity contribution in [3.63, 3.8) is 0 Å². The highest BCUT2D eigenvalue weighted by Crippen LogP contribution is 2.33. The van der Waals surface area contributed by atoms with Gasteiger partial charge in [0.2, 0.25) is 12.7 Å². The Morgan fingerprint density at radius 3 is 2.52 bits per heavy atom. The van der Waals surface area contributed by atoms with E-state index in [2.05, 4.69) is 15.2 Å². The van der Waals surface area contributed by atoms with Crippen LogP contribution in [0.4, 0.5) is 29.3 Å². The normalized spacial score (nSPS) is 14.6. The van der Waals surface area contributed by atoms with Crippen molar-refractivity contribution >= 4 is 28.9 Å². The molecule has 2 N–H and O–H groups in total. The van der Waals surface area contributed by atoms with Crippen molar-refractivity contribution in [1.29, 1.82) is 0 Å². The molecule has 2 aliphatic heterocycles. The molecule has 2 aromatic carbocycles. The summed E-state index contributed by atoms with van der Waals surface area (Å²) < 4.78 is 63.8. The van der Waals surface area contributed by atoms with Crippen LogP contribution < -0.4 is 19.7 Å². The number of carboxylic acids is 1. The number of carboxylic acid groups (broad SMARTS) is 1. The molecule has 2 aromatic heterocycles. The molecule has 11 nitrogen and oxygen atoms in total. The molecule has 40 heavy (non-hydrogen) atoms. The summed E-state index contributed by atoms with van der Waals surface area (Å²) in [6.45, 7) is 3.37. The van der Waals surface area contributed by atoms with Crippen LogP contribution in [0.2, 0.25) is 0 Å². The van der Waals surface area contributed by atoms with Gasteiger partial charge in [-0.25, -0.2) is 14.2 Å². The number of carbonyl (C=O) groups is 1. The number of anilines is 2. The van der Waals surface area contributed by atoms with Gasteiger partial charge >= 0.3 is 12.1 Å². The summed E-state index contributed by atoms with van der Waals surface area (Å²) in [6, 6.07) is 12.2. The van der Waals surface area contributed by atoms with Crippen LogP contribution in [0.3, 0.4) is 0 Å². The average Bonchev–Trinajstić information content (AvgIpc) is 3.59. The van der Waals surface area contributed by atoms with Crippen LogP contribution in [0.15, 0.2) is 48.8 Å². The van der Waals surface area contributed by atoms with E-state index in [0.29, 0.717) is 61.5 Å². The summed E-state index contributed by atoms with van der Waals surface area (Å²) >= 11 is 0. The number of imidazole rings is 1. The number of rotatable bonds is 5. The third-order valence-electron chi connectivity index (χ3n) is 5.90. The lowest BCUT2D eigenvalue weighted by molar-refractivity contribution is -0.192. The van der Waals surface area contributed by atoms with Gasteiger partial charge in [0.25, 0.3) is 0 Å². The Balaban J connectivity index is 0.000000411. The number of hydrogen-bond acceptors (Lipinski definition) is 9. The first kappa shape index (κ1) is 26.9. The lowest BCUT2D eigenvalue weighted by atomic mass is 10.2. The third-order valence-corrected chi connectivity index (χ3v) is 5.90. The zero-order valence-electron chi connectivity index (χ0n) is 20.7. The number of morpholine rings is 1. The van der Waals surface area contributed by atoms with Crippen molar-refractivity contribution in [3.05, 3.63) is 60.2 Å². The number of nitrogens with zero attached hydrogens (tertiary/aromatic N) is 5. The molecular formula is C25H22F4N6O5. The summed E-state index contributed by atoms with van der Waals surface area (Å²) in [5.74, 6) is -0.421.